The van der Waals surface area contributed by atoms with E-state index >= 15 is 0 Å². The lowest BCUT2D eigenvalue weighted by atomic mass is 10.1. The van der Waals surface area contributed by atoms with Crippen LogP contribution in [0.15, 0.2) is 18.2 Å². The Balaban J connectivity index is 2.30. The van der Waals surface area contributed by atoms with Crippen molar-refractivity contribution in [3.63, 3.8) is 0 Å². The van der Waals surface area contributed by atoms with Gasteiger partial charge in [0.1, 0.15) is 6.10 Å². The molecule has 1 aliphatic rings. The van der Waals surface area contributed by atoms with Crippen molar-refractivity contribution in [2.24, 2.45) is 0 Å². The van der Waals surface area contributed by atoms with Gasteiger partial charge in [-0.05, 0) is 31.0 Å². The first-order chi connectivity index (χ1) is 9.79. The van der Waals surface area contributed by atoms with Crippen LogP contribution in [-0.4, -0.2) is 29.7 Å². The number of hydrogen-bond acceptors (Lipinski definition) is 3. The van der Waals surface area contributed by atoms with E-state index in [1.807, 2.05) is 0 Å². The van der Waals surface area contributed by atoms with Gasteiger partial charge in [0.05, 0.1) is 16.8 Å². The second-order valence-corrected chi connectivity index (χ2v) is 4.55. The fourth-order valence-electron chi connectivity index (χ4n) is 2.01. The highest BCUT2D eigenvalue weighted by atomic mass is 19.4. The van der Waals surface area contributed by atoms with E-state index in [0.29, 0.717) is 31.6 Å². The average Bonchev–Trinajstić information content (AvgIpc) is 2.91. The third-order valence-corrected chi connectivity index (χ3v) is 3.06. The van der Waals surface area contributed by atoms with Crippen molar-refractivity contribution in [1.29, 1.82) is 0 Å². The van der Waals surface area contributed by atoms with Crippen LogP contribution in [0.1, 0.15) is 28.8 Å². The van der Waals surface area contributed by atoms with Crippen molar-refractivity contribution in [3.8, 4) is 0 Å². The first-order valence-corrected chi connectivity index (χ1v) is 6.16. The largest absolute Gasteiger partial charge is 0.478 e. The van der Waals surface area contributed by atoms with Crippen molar-refractivity contribution >= 4 is 17.6 Å². The van der Waals surface area contributed by atoms with Gasteiger partial charge in [-0.25, -0.2) is 4.79 Å². The van der Waals surface area contributed by atoms with Gasteiger partial charge in [-0.3, -0.25) is 4.79 Å². The number of benzene rings is 1. The summed E-state index contributed by atoms with van der Waals surface area (Å²) >= 11 is 0. The summed E-state index contributed by atoms with van der Waals surface area (Å²) in [6.07, 6.45) is -4.26. The van der Waals surface area contributed by atoms with E-state index in [9.17, 15) is 22.8 Å². The Morgan fingerprint density at radius 1 is 1.33 bits per heavy atom. The normalized spacial score (nSPS) is 18.5. The molecule has 1 atom stereocenters. The second-order valence-electron chi connectivity index (χ2n) is 4.55. The fourth-order valence-corrected chi connectivity index (χ4v) is 2.01. The van der Waals surface area contributed by atoms with Crippen LogP contribution in [-0.2, 0) is 15.7 Å². The van der Waals surface area contributed by atoms with E-state index < -0.39 is 41.0 Å². The number of ether oxygens (including phenoxy) is 1. The van der Waals surface area contributed by atoms with Gasteiger partial charge in [0.25, 0.3) is 5.91 Å². The molecule has 0 unspecified atom stereocenters. The molecule has 5 nitrogen and oxygen atoms in total. The number of halogens is 3. The van der Waals surface area contributed by atoms with Gasteiger partial charge >= 0.3 is 12.1 Å². The molecule has 0 spiro atoms. The summed E-state index contributed by atoms with van der Waals surface area (Å²) in [6, 6.07) is 2.08. The van der Waals surface area contributed by atoms with E-state index in [1.165, 1.54) is 0 Å². The summed E-state index contributed by atoms with van der Waals surface area (Å²) in [7, 11) is 0. The van der Waals surface area contributed by atoms with Crippen LogP contribution in [0.3, 0.4) is 0 Å². The predicted molar refractivity (Wildman–Crippen MR) is 66.0 cm³/mol. The zero-order valence-electron chi connectivity index (χ0n) is 10.7. The van der Waals surface area contributed by atoms with Crippen LogP contribution in [0.5, 0.6) is 0 Å². The van der Waals surface area contributed by atoms with Crippen LogP contribution in [0.4, 0.5) is 18.9 Å². The molecule has 114 valence electrons. The third-order valence-electron chi connectivity index (χ3n) is 3.06. The maximum absolute atomic E-state index is 12.7. The number of aromatic carboxylic acids is 1. The van der Waals surface area contributed by atoms with Crippen LogP contribution in [0, 0.1) is 0 Å². The van der Waals surface area contributed by atoms with Crippen molar-refractivity contribution in [3.05, 3.63) is 29.3 Å². The van der Waals surface area contributed by atoms with E-state index in [2.05, 4.69) is 5.32 Å². The van der Waals surface area contributed by atoms with Gasteiger partial charge in [0, 0.05) is 6.61 Å². The monoisotopic (exact) mass is 303 g/mol. The highest BCUT2D eigenvalue weighted by molar-refractivity contribution is 6.02. The number of carbonyl (C=O) groups excluding carboxylic acids is 1. The van der Waals surface area contributed by atoms with Crippen LogP contribution in [0.25, 0.3) is 0 Å². The fraction of sp³-hybridized carbons (Fsp3) is 0.385. The number of carbonyl (C=O) groups is 2. The van der Waals surface area contributed by atoms with Crippen molar-refractivity contribution in [2.75, 3.05) is 11.9 Å². The molecule has 1 aromatic carbocycles. The van der Waals surface area contributed by atoms with Gasteiger partial charge in [0.2, 0.25) is 0 Å². The van der Waals surface area contributed by atoms with E-state index in [0.717, 1.165) is 6.07 Å². The molecule has 2 rings (SSSR count). The highest BCUT2D eigenvalue weighted by Crippen LogP contribution is 2.32. The molecule has 0 aliphatic carbocycles. The summed E-state index contributed by atoms with van der Waals surface area (Å²) in [6.45, 7) is 0.395. The molecule has 21 heavy (non-hydrogen) atoms. The molecule has 0 aromatic heterocycles. The number of amides is 1. The Bertz CT molecular complexity index is 565. The van der Waals surface area contributed by atoms with Crippen LogP contribution < -0.4 is 5.32 Å². The molecule has 1 saturated heterocycles. The lowest BCUT2D eigenvalue weighted by Crippen LogP contribution is -2.28. The minimum atomic E-state index is -4.62. The Hall–Kier alpha value is -2.09. The smallest absolute Gasteiger partial charge is 0.416 e. The molecule has 8 heteroatoms. The SMILES string of the molecule is O=C(O)c1ccc(C(F)(F)F)cc1NC(=O)[C@@H]1CCCO1. The third kappa shape index (κ3) is 3.52. The molecule has 1 heterocycles. The molecule has 1 amide bonds. The molecule has 2 N–H and O–H groups in total. The Kier molecular flexibility index (Phi) is 4.17. The summed E-state index contributed by atoms with van der Waals surface area (Å²) in [5, 5.41) is 11.2. The topological polar surface area (TPSA) is 75.6 Å². The molecule has 1 aromatic rings. The van der Waals surface area contributed by atoms with Crippen LogP contribution in [0.2, 0.25) is 0 Å². The summed E-state index contributed by atoms with van der Waals surface area (Å²) in [5.74, 6) is -2.07. The summed E-state index contributed by atoms with van der Waals surface area (Å²) in [5.41, 5.74) is -1.83. The first-order valence-electron chi connectivity index (χ1n) is 6.16. The Morgan fingerprint density at radius 3 is 2.57 bits per heavy atom. The van der Waals surface area contributed by atoms with Gasteiger partial charge in [0.15, 0.2) is 0 Å². The zero-order chi connectivity index (χ0) is 15.6. The lowest BCUT2D eigenvalue weighted by molar-refractivity contribution is -0.137. The highest BCUT2D eigenvalue weighted by Gasteiger charge is 2.32. The average molecular weight is 303 g/mol. The standard InChI is InChI=1S/C13H12F3NO4/c14-13(15,16)7-3-4-8(12(19)20)9(6-7)17-11(18)10-2-1-5-21-10/h3-4,6,10H,1-2,5H2,(H,17,18)(H,19,20)/t10-/m0/s1. The Morgan fingerprint density at radius 2 is 2.05 bits per heavy atom. The molecule has 0 bridgehead atoms. The number of rotatable bonds is 3. The lowest BCUT2D eigenvalue weighted by Gasteiger charge is -2.14. The first kappa shape index (κ1) is 15.3. The molecule has 0 saturated carbocycles. The van der Waals surface area contributed by atoms with Crippen molar-refractivity contribution < 1.29 is 32.6 Å². The molecular weight excluding hydrogens is 291 g/mol. The molecule has 0 radical (unpaired) electrons. The maximum atomic E-state index is 12.7. The number of anilines is 1. The summed E-state index contributed by atoms with van der Waals surface area (Å²) in [4.78, 5) is 22.9. The second kappa shape index (κ2) is 5.72. The van der Waals surface area contributed by atoms with Gasteiger partial charge in [-0.1, -0.05) is 0 Å². The van der Waals surface area contributed by atoms with Crippen molar-refractivity contribution in [1.82, 2.24) is 0 Å². The molecule has 1 fully saturated rings. The van der Waals surface area contributed by atoms with Gasteiger partial charge < -0.3 is 15.2 Å². The number of carboxylic acids is 1. The van der Waals surface area contributed by atoms with E-state index in [-0.39, 0.29) is 0 Å². The van der Waals surface area contributed by atoms with Gasteiger partial charge in [-0.2, -0.15) is 13.2 Å². The van der Waals surface area contributed by atoms with Crippen LogP contribution >= 0.6 is 0 Å². The van der Waals surface area contributed by atoms with E-state index in [4.69, 9.17) is 9.84 Å². The summed E-state index contributed by atoms with van der Waals surface area (Å²) < 4.78 is 43.1. The Labute approximate surface area is 117 Å². The minimum absolute atomic E-state index is 0.391. The van der Waals surface area contributed by atoms with E-state index in [1.54, 1.807) is 0 Å². The number of carboxylic acid groups (broad SMARTS) is 1. The number of hydrogen-bond donors (Lipinski definition) is 2. The number of nitrogens with one attached hydrogen (secondary N) is 1. The maximum Gasteiger partial charge on any atom is 0.416 e. The van der Waals surface area contributed by atoms with Crippen molar-refractivity contribution in [2.45, 2.75) is 25.1 Å². The minimum Gasteiger partial charge on any atom is -0.478 e. The quantitative estimate of drug-likeness (QED) is 0.899. The van der Waals surface area contributed by atoms with Gasteiger partial charge in [-0.15, -0.1) is 0 Å². The number of alkyl halides is 3. The zero-order valence-corrected chi connectivity index (χ0v) is 10.7. The molecular formula is C13H12F3NO4. The molecule has 1 aliphatic heterocycles. The predicted octanol–water partition coefficient (Wildman–Crippen LogP) is 2.52.